The van der Waals surface area contributed by atoms with Crippen molar-refractivity contribution in [1.82, 2.24) is 14.9 Å². The number of hydrogen-bond acceptors (Lipinski definition) is 8. The lowest BCUT2D eigenvalue weighted by Gasteiger charge is -2.11. The number of halogens is 1. The van der Waals surface area contributed by atoms with Crippen LogP contribution in [0.15, 0.2) is 63.2 Å². The Morgan fingerprint density at radius 3 is 2.55 bits per heavy atom. The number of benzene rings is 2. The standard InChI is InChI=1S/C29H25ClN4O5S/c1-5-38-29(37)25-20-14-40-27(23(20)28(36)34(32-25)18-12-10-17(11-13-18)15(2)3)31-26(35)22-16(4)39-33-24(22)19-8-6-7-9-21(19)30/h6-15H,5H2,1-4H3,(H,31,35). The summed E-state index contributed by atoms with van der Waals surface area (Å²) in [6.07, 6.45) is 0. The van der Waals surface area contributed by atoms with Crippen molar-refractivity contribution in [3.05, 3.63) is 91.9 Å². The molecule has 0 aliphatic rings. The molecule has 5 rings (SSSR count). The molecule has 3 aromatic heterocycles. The number of carbonyl (C=O) groups is 2. The molecule has 0 saturated carbocycles. The Balaban J connectivity index is 1.63. The minimum Gasteiger partial charge on any atom is -0.461 e. The van der Waals surface area contributed by atoms with E-state index in [1.54, 1.807) is 55.6 Å². The zero-order valence-electron chi connectivity index (χ0n) is 22.1. The summed E-state index contributed by atoms with van der Waals surface area (Å²) in [7, 11) is 0. The molecule has 0 aliphatic heterocycles. The van der Waals surface area contributed by atoms with Crippen molar-refractivity contribution >= 4 is 50.6 Å². The van der Waals surface area contributed by atoms with Crippen molar-refractivity contribution in [1.29, 1.82) is 0 Å². The third-order valence-corrected chi connectivity index (χ3v) is 7.60. The fourth-order valence-electron chi connectivity index (χ4n) is 4.31. The van der Waals surface area contributed by atoms with E-state index in [1.165, 1.54) is 0 Å². The highest BCUT2D eigenvalue weighted by Gasteiger charge is 2.27. The summed E-state index contributed by atoms with van der Waals surface area (Å²) < 4.78 is 11.7. The molecule has 9 nitrogen and oxygen atoms in total. The summed E-state index contributed by atoms with van der Waals surface area (Å²) in [5.74, 6) is -0.637. The number of amides is 1. The molecule has 2 aromatic carbocycles. The number of rotatable bonds is 7. The number of nitrogens with zero attached hydrogens (tertiary/aromatic N) is 3. The summed E-state index contributed by atoms with van der Waals surface area (Å²) >= 11 is 7.46. The average Bonchev–Trinajstić information content (AvgIpc) is 3.53. The molecule has 5 aromatic rings. The van der Waals surface area contributed by atoms with Gasteiger partial charge >= 0.3 is 5.97 Å². The number of ether oxygens (including phenoxy) is 1. The highest BCUT2D eigenvalue weighted by Crippen LogP contribution is 2.34. The van der Waals surface area contributed by atoms with Gasteiger partial charge in [0.2, 0.25) is 0 Å². The number of nitrogens with one attached hydrogen (secondary N) is 1. The van der Waals surface area contributed by atoms with Crippen LogP contribution in [-0.4, -0.2) is 33.4 Å². The van der Waals surface area contributed by atoms with E-state index in [4.69, 9.17) is 20.9 Å². The molecule has 0 aliphatic carbocycles. The maximum Gasteiger partial charge on any atom is 0.359 e. The van der Waals surface area contributed by atoms with Crippen molar-refractivity contribution in [2.24, 2.45) is 0 Å². The van der Waals surface area contributed by atoms with E-state index in [1.807, 2.05) is 12.1 Å². The van der Waals surface area contributed by atoms with Crippen LogP contribution in [0, 0.1) is 6.92 Å². The molecule has 0 saturated heterocycles. The van der Waals surface area contributed by atoms with E-state index in [2.05, 4.69) is 29.4 Å². The zero-order valence-corrected chi connectivity index (χ0v) is 23.7. The number of thiophene rings is 1. The summed E-state index contributed by atoms with van der Waals surface area (Å²) in [5.41, 5.74) is 2.02. The first-order chi connectivity index (χ1) is 19.2. The van der Waals surface area contributed by atoms with Crippen LogP contribution < -0.4 is 10.9 Å². The van der Waals surface area contributed by atoms with Gasteiger partial charge in [-0.2, -0.15) is 9.78 Å². The lowest BCUT2D eigenvalue weighted by atomic mass is 10.0. The van der Waals surface area contributed by atoms with Crippen LogP contribution in [0.25, 0.3) is 27.7 Å². The van der Waals surface area contributed by atoms with Crippen molar-refractivity contribution < 1.29 is 18.8 Å². The van der Waals surface area contributed by atoms with Crippen molar-refractivity contribution in [2.45, 2.75) is 33.6 Å². The molecule has 40 heavy (non-hydrogen) atoms. The molecule has 0 spiro atoms. The fraction of sp³-hybridized carbons (Fsp3) is 0.207. The van der Waals surface area contributed by atoms with E-state index in [0.717, 1.165) is 21.6 Å². The smallest absolute Gasteiger partial charge is 0.359 e. The molecule has 0 atom stereocenters. The zero-order chi connectivity index (χ0) is 28.6. The fourth-order valence-corrected chi connectivity index (χ4v) is 5.47. The number of esters is 1. The predicted molar refractivity (Wildman–Crippen MR) is 155 cm³/mol. The summed E-state index contributed by atoms with van der Waals surface area (Å²) in [4.78, 5) is 40.2. The monoisotopic (exact) mass is 576 g/mol. The number of fused-ring (bicyclic) bond motifs is 1. The van der Waals surface area contributed by atoms with Gasteiger partial charge in [-0.3, -0.25) is 9.59 Å². The summed E-state index contributed by atoms with van der Waals surface area (Å²) in [6, 6.07) is 14.3. The van der Waals surface area contributed by atoms with E-state index in [0.29, 0.717) is 22.2 Å². The van der Waals surface area contributed by atoms with Crippen LogP contribution in [0.1, 0.15) is 58.9 Å². The minimum absolute atomic E-state index is 0.0287. The Morgan fingerprint density at radius 2 is 1.88 bits per heavy atom. The SMILES string of the molecule is CCOC(=O)c1nn(-c2ccc(C(C)C)cc2)c(=O)c2c(NC(=O)c3c(-c4ccccc4Cl)noc3C)scc12. The molecule has 11 heteroatoms. The van der Waals surface area contributed by atoms with Crippen LogP contribution in [0.3, 0.4) is 0 Å². The molecular formula is C29H25ClN4O5S. The highest BCUT2D eigenvalue weighted by atomic mass is 35.5. The predicted octanol–water partition coefficient (Wildman–Crippen LogP) is 6.62. The first-order valence-corrected chi connectivity index (χ1v) is 13.8. The average molecular weight is 577 g/mol. The van der Waals surface area contributed by atoms with Crippen molar-refractivity contribution in [3.8, 4) is 16.9 Å². The Bertz CT molecular complexity index is 1800. The Labute approximate surface area is 238 Å². The molecule has 0 radical (unpaired) electrons. The molecule has 0 bridgehead atoms. The normalized spacial score (nSPS) is 11.2. The van der Waals surface area contributed by atoms with Crippen LogP contribution in [0.4, 0.5) is 5.00 Å². The Morgan fingerprint density at radius 1 is 1.15 bits per heavy atom. The van der Waals surface area contributed by atoms with Crippen LogP contribution in [-0.2, 0) is 4.74 Å². The van der Waals surface area contributed by atoms with Gasteiger partial charge in [0, 0.05) is 16.3 Å². The number of carbonyl (C=O) groups excluding carboxylic acids is 2. The molecule has 3 heterocycles. The van der Waals surface area contributed by atoms with Gasteiger partial charge in [0.15, 0.2) is 5.69 Å². The number of hydrogen-bond donors (Lipinski definition) is 1. The molecule has 0 unspecified atom stereocenters. The van der Waals surface area contributed by atoms with Gasteiger partial charge in [0.25, 0.3) is 11.5 Å². The first-order valence-electron chi connectivity index (χ1n) is 12.6. The summed E-state index contributed by atoms with van der Waals surface area (Å²) in [6.45, 7) is 7.58. The van der Waals surface area contributed by atoms with Crippen LogP contribution >= 0.6 is 22.9 Å². The molecule has 1 N–H and O–H groups in total. The number of aryl methyl sites for hydroxylation is 1. The van der Waals surface area contributed by atoms with Gasteiger partial charge in [0.05, 0.1) is 22.7 Å². The van der Waals surface area contributed by atoms with E-state index < -0.39 is 17.4 Å². The third kappa shape index (κ3) is 4.91. The van der Waals surface area contributed by atoms with E-state index >= 15 is 0 Å². The second kappa shape index (κ2) is 11.1. The molecule has 204 valence electrons. The van der Waals surface area contributed by atoms with Crippen LogP contribution in [0.2, 0.25) is 5.02 Å². The second-order valence-electron chi connectivity index (χ2n) is 9.28. The van der Waals surface area contributed by atoms with Gasteiger partial charge in [-0.15, -0.1) is 11.3 Å². The summed E-state index contributed by atoms with van der Waals surface area (Å²) in [5, 5.41) is 13.9. The largest absolute Gasteiger partial charge is 0.461 e. The van der Waals surface area contributed by atoms with Gasteiger partial charge in [-0.05, 0) is 43.5 Å². The van der Waals surface area contributed by atoms with Crippen molar-refractivity contribution in [3.63, 3.8) is 0 Å². The lowest BCUT2D eigenvalue weighted by Crippen LogP contribution is -2.25. The lowest BCUT2D eigenvalue weighted by molar-refractivity contribution is 0.0520. The van der Waals surface area contributed by atoms with Gasteiger partial charge in [0.1, 0.15) is 22.0 Å². The number of anilines is 1. The second-order valence-corrected chi connectivity index (χ2v) is 10.6. The molecule has 1 amide bonds. The molecular weight excluding hydrogens is 552 g/mol. The maximum absolute atomic E-state index is 13.8. The van der Waals surface area contributed by atoms with Gasteiger partial charge in [-0.25, -0.2) is 4.79 Å². The third-order valence-electron chi connectivity index (χ3n) is 6.37. The van der Waals surface area contributed by atoms with E-state index in [9.17, 15) is 14.4 Å². The highest BCUT2D eigenvalue weighted by molar-refractivity contribution is 7.16. The quantitative estimate of drug-likeness (QED) is 0.216. The molecule has 0 fully saturated rings. The first kappa shape index (κ1) is 27.3. The Hall–Kier alpha value is -4.28. The minimum atomic E-state index is -0.674. The van der Waals surface area contributed by atoms with Gasteiger partial charge in [-0.1, -0.05) is 60.9 Å². The van der Waals surface area contributed by atoms with Crippen LogP contribution in [0.5, 0.6) is 0 Å². The van der Waals surface area contributed by atoms with Gasteiger partial charge < -0.3 is 14.6 Å². The van der Waals surface area contributed by atoms with Crippen molar-refractivity contribution in [2.75, 3.05) is 11.9 Å². The maximum atomic E-state index is 13.8. The topological polar surface area (TPSA) is 116 Å². The Kier molecular flexibility index (Phi) is 7.55. The van der Waals surface area contributed by atoms with E-state index in [-0.39, 0.29) is 45.1 Å². The number of aromatic nitrogens is 3.